The minimum atomic E-state index is -4.68. The number of hydrogen-bond donors (Lipinski definition) is 0. The summed E-state index contributed by atoms with van der Waals surface area (Å²) >= 11 is 0. The molecule has 3 fully saturated rings. The third kappa shape index (κ3) is 2.18. The van der Waals surface area contributed by atoms with Crippen LogP contribution in [0.2, 0.25) is 0 Å². The molecule has 0 aromatic heterocycles. The van der Waals surface area contributed by atoms with E-state index in [9.17, 15) is 18.0 Å². The Bertz CT molecular complexity index is 515. The van der Waals surface area contributed by atoms with Gasteiger partial charge in [0, 0.05) is 5.41 Å². The predicted molar refractivity (Wildman–Crippen MR) is 63.4 cm³/mol. The summed E-state index contributed by atoms with van der Waals surface area (Å²) in [5, 5.41) is 0. The van der Waals surface area contributed by atoms with E-state index in [2.05, 4.69) is 4.74 Å². The van der Waals surface area contributed by atoms with Crippen molar-refractivity contribution in [2.24, 2.45) is 5.41 Å². The van der Waals surface area contributed by atoms with E-state index in [-0.39, 0.29) is 11.2 Å². The van der Waals surface area contributed by atoms with Crippen LogP contribution in [0.15, 0.2) is 24.3 Å². The van der Waals surface area contributed by atoms with Crippen molar-refractivity contribution in [2.45, 2.75) is 24.6 Å². The number of carbonyl (C=O) groups is 1. The number of fused-ring (bicyclic) bond motifs is 2. The number of aldehydes is 1. The van der Waals surface area contributed by atoms with Gasteiger partial charge in [-0.05, 0) is 30.5 Å². The molecule has 108 valence electrons. The van der Waals surface area contributed by atoms with Crippen molar-refractivity contribution < 1.29 is 27.4 Å². The Hall–Kier alpha value is -1.56. The number of alkyl halides is 3. The fourth-order valence-corrected chi connectivity index (χ4v) is 3.36. The van der Waals surface area contributed by atoms with Crippen molar-refractivity contribution in [3.8, 4) is 5.75 Å². The third-order valence-corrected chi connectivity index (χ3v) is 4.10. The van der Waals surface area contributed by atoms with Crippen LogP contribution >= 0.6 is 0 Å². The highest BCUT2D eigenvalue weighted by atomic mass is 19.4. The van der Waals surface area contributed by atoms with Crippen LogP contribution < -0.4 is 4.74 Å². The summed E-state index contributed by atoms with van der Waals surface area (Å²) in [4.78, 5) is 11.1. The van der Waals surface area contributed by atoms with Gasteiger partial charge in [-0.3, -0.25) is 0 Å². The number of hydrogen-bond acceptors (Lipinski definition) is 3. The maximum atomic E-state index is 12.1. The molecule has 2 heterocycles. The first-order chi connectivity index (χ1) is 9.37. The van der Waals surface area contributed by atoms with Crippen LogP contribution in [-0.2, 0) is 14.9 Å². The maximum Gasteiger partial charge on any atom is 0.573 e. The van der Waals surface area contributed by atoms with Gasteiger partial charge < -0.3 is 14.3 Å². The Balaban J connectivity index is 1.77. The van der Waals surface area contributed by atoms with E-state index in [4.69, 9.17) is 4.74 Å². The summed E-state index contributed by atoms with van der Waals surface area (Å²) in [6, 6.07) is 5.83. The second-order valence-electron chi connectivity index (χ2n) is 5.68. The highest BCUT2D eigenvalue weighted by Crippen LogP contribution is 2.58. The fourth-order valence-electron chi connectivity index (χ4n) is 3.36. The minimum absolute atomic E-state index is 0.240. The largest absolute Gasteiger partial charge is 0.573 e. The lowest BCUT2D eigenvalue weighted by Crippen LogP contribution is -2.60. The molecule has 2 saturated heterocycles. The molecule has 2 aliphatic heterocycles. The Morgan fingerprint density at radius 3 is 2.35 bits per heavy atom. The topological polar surface area (TPSA) is 35.5 Å². The zero-order valence-corrected chi connectivity index (χ0v) is 10.6. The summed E-state index contributed by atoms with van der Waals surface area (Å²) in [6.45, 7) is 0.940. The fraction of sp³-hybridized carbons (Fsp3) is 0.500. The molecule has 20 heavy (non-hydrogen) atoms. The van der Waals surface area contributed by atoms with Crippen molar-refractivity contribution >= 4 is 6.29 Å². The monoisotopic (exact) mass is 286 g/mol. The van der Waals surface area contributed by atoms with Gasteiger partial charge in [-0.15, -0.1) is 13.2 Å². The Labute approximate surface area is 113 Å². The molecule has 3 nitrogen and oxygen atoms in total. The molecule has 0 atom stereocenters. The summed E-state index contributed by atoms with van der Waals surface area (Å²) in [7, 11) is 0. The van der Waals surface area contributed by atoms with E-state index < -0.39 is 11.8 Å². The van der Waals surface area contributed by atoms with E-state index in [1.807, 2.05) is 0 Å². The molecular formula is C14H13F3O3. The molecule has 0 N–H and O–H groups in total. The molecule has 6 heteroatoms. The number of carbonyl (C=O) groups excluding carboxylic acids is 1. The first kappa shape index (κ1) is 13.4. The Morgan fingerprint density at radius 1 is 1.15 bits per heavy atom. The van der Waals surface area contributed by atoms with Gasteiger partial charge >= 0.3 is 6.36 Å². The second kappa shape index (κ2) is 4.22. The number of rotatable bonds is 3. The van der Waals surface area contributed by atoms with Crippen molar-refractivity contribution in [3.63, 3.8) is 0 Å². The Morgan fingerprint density at radius 2 is 1.80 bits per heavy atom. The molecule has 0 unspecified atom stereocenters. The van der Waals surface area contributed by atoms with Crippen LogP contribution in [0.4, 0.5) is 13.2 Å². The quantitative estimate of drug-likeness (QED) is 0.802. The van der Waals surface area contributed by atoms with Gasteiger partial charge in [0.1, 0.15) is 12.0 Å². The second-order valence-corrected chi connectivity index (χ2v) is 5.68. The van der Waals surface area contributed by atoms with E-state index in [0.717, 1.165) is 11.8 Å². The van der Waals surface area contributed by atoms with Crippen LogP contribution in [0.3, 0.4) is 0 Å². The number of ether oxygens (including phenoxy) is 2. The molecule has 2 bridgehead atoms. The van der Waals surface area contributed by atoms with Gasteiger partial charge in [-0.1, -0.05) is 12.1 Å². The predicted octanol–water partition coefficient (Wildman–Crippen LogP) is 2.83. The van der Waals surface area contributed by atoms with Crippen molar-refractivity contribution in [2.75, 3.05) is 13.2 Å². The van der Waals surface area contributed by atoms with E-state index in [1.54, 1.807) is 12.1 Å². The summed E-state index contributed by atoms with van der Waals surface area (Å²) in [5.74, 6) is -0.240. The molecule has 1 aromatic rings. The molecule has 1 aromatic carbocycles. The molecule has 1 saturated carbocycles. The van der Waals surface area contributed by atoms with Gasteiger partial charge in [0.25, 0.3) is 0 Å². The molecule has 0 spiro atoms. The van der Waals surface area contributed by atoms with Gasteiger partial charge in [-0.2, -0.15) is 0 Å². The number of halogens is 3. The van der Waals surface area contributed by atoms with Crippen molar-refractivity contribution in [1.82, 2.24) is 0 Å². The smallest absolute Gasteiger partial charge is 0.406 e. The van der Waals surface area contributed by atoms with Gasteiger partial charge in [0.05, 0.1) is 18.6 Å². The highest BCUT2D eigenvalue weighted by molar-refractivity contribution is 5.64. The Kier molecular flexibility index (Phi) is 2.83. The molecular weight excluding hydrogens is 273 g/mol. The van der Waals surface area contributed by atoms with Gasteiger partial charge in [0.15, 0.2) is 0 Å². The van der Waals surface area contributed by atoms with E-state index in [0.29, 0.717) is 26.1 Å². The summed E-state index contributed by atoms with van der Waals surface area (Å²) in [5.41, 5.74) is 0.249. The lowest BCUT2D eigenvalue weighted by molar-refractivity contribution is -0.274. The average molecular weight is 286 g/mol. The molecule has 0 radical (unpaired) electrons. The van der Waals surface area contributed by atoms with E-state index in [1.165, 1.54) is 12.1 Å². The molecule has 0 amide bonds. The zero-order valence-electron chi connectivity index (χ0n) is 10.6. The molecule has 4 rings (SSSR count). The van der Waals surface area contributed by atoms with Gasteiger partial charge in [0.2, 0.25) is 0 Å². The van der Waals surface area contributed by atoms with Crippen LogP contribution in [0.1, 0.15) is 18.4 Å². The van der Waals surface area contributed by atoms with Crippen LogP contribution in [-0.4, -0.2) is 25.9 Å². The minimum Gasteiger partial charge on any atom is -0.406 e. The molecule has 3 aliphatic rings. The van der Waals surface area contributed by atoms with Crippen LogP contribution in [0.5, 0.6) is 5.75 Å². The average Bonchev–Trinajstić information content (AvgIpc) is 2.37. The highest BCUT2D eigenvalue weighted by Gasteiger charge is 2.59. The summed E-state index contributed by atoms with van der Waals surface area (Å²) in [6.07, 6.45) is -2.35. The maximum absolute atomic E-state index is 12.1. The lowest BCUT2D eigenvalue weighted by atomic mass is 9.50. The van der Waals surface area contributed by atoms with Crippen molar-refractivity contribution in [3.05, 3.63) is 29.8 Å². The third-order valence-electron chi connectivity index (χ3n) is 4.10. The van der Waals surface area contributed by atoms with Crippen molar-refractivity contribution in [1.29, 1.82) is 0 Å². The van der Waals surface area contributed by atoms with E-state index >= 15 is 0 Å². The SMILES string of the molecule is O=CC12COCC(c3ccc(OC(F)(F)F)cc3)(C1)C2. The van der Waals surface area contributed by atoms with Gasteiger partial charge in [-0.25, -0.2) is 0 Å². The normalized spacial score (nSPS) is 32.4. The van der Waals surface area contributed by atoms with Crippen LogP contribution in [0.25, 0.3) is 0 Å². The number of benzene rings is 1. The standard InChI is InChI=1S/C14H13F3O3/c15-14(16,17)20-11-3-1-10(2-4-11)13-5-12(6-13,7-18)8-19-9-13/h1-4,7H,5-6,8-9H2. The molecule has 1 aliphatic carbocycles. The summed E-state index contributed by atoms with van der Waals surface area (Å²) < 4.78 is 45.6. The van der Waals surface area contributed by atoms with Crippen LogP contribution in [0, 0.1) is 5.41 Å². The first-order valence-electron chi connectivity index (χ1n) is 6.27. The first-order valence-corrected chi connectivity index (χ1v) is 6.27. The lowest BCUT2D eigenvalue weighted by Gasteiger charge is -2.58. The zero-order chi connectivity index (χ0) is 14.4.